The molecule has 0 spiro atoms. The summed E-state index contributed by atoms with van der Waals surface area (Å²) in [6.45, 7) is 2.59. The van der Waals surface area contributed by atoms with Crippen LogP contribution in [-0.2, 0) is 14.8 Å². The molecule has 0 radical (unpaired) electrons. The molecule has 1 aliphatic rings. The normalized spacial score (nSPS) is 13.9. The minimum absolute atomic E-state index is 0.0481. The fraction of sp³-hybridized carbons (Fsp3) is 0.304. The van der Waals surface area contributed by atoms with Crippen molar-refractivity contribution in [3.63, 3.8) is 0 Å². The molecule has 36 heavy (non-hydrogen) atoms. The van der Waals surface area contributed by atoms with Crippen molar-refractivity contribution < 1.29 is 27.4 Å². The number of sulfonamides is 1. The Hall–Kier alpha value is -3.97. The number of ether oxygens (including phenoxy) is 4. The molecule has 1 aliphatic heterocycles. The van der Waals surface area contributed by atoms with Crippen LogP contribution in [0.25, 0.3) is 28.5 Å². The molecule has 3 aromatic heterocycles. The molecule has 0 unspecified atom stereocenters. The van der Waals surface area contributed by atoms with Crippen LogP contribution in [0.3, 0.4) is 0 Å². The van der Waals surface area contributed by atoms with Gasteiger partial charge >= 0.3 is 0 Å². The maximum atomic E-state index is 12.7. The maximum Gasteiger partial charge on any atom is 0.241 e. The van der Waals surface area contributed by atoms with Gasteiger partial charge in [-0.2, -0.15) is 0 Å². The van der Waals surface area contributed by atoms with Gasteiger partial charge in [0.1, 0.15) is 28.1 Å². The molecule has 12 nitrogen and oxygen atoms in total. The number of nitrogens with zero attached hydrogens (tertiary/aromatic N) is 5. The first kappa shape index (κ1) is 23.8. The summed E-state index contributed by atoms with van der Waals surface area (Å²) in [5.74, 6) is 1.83. The predicted octanol–water partition coefficient (Wildman–Crippen LogP) is 2.43. The third kappa shape index (κ3) is 4.27. The van der Waals surface area contributed by atoms with Crippen molar-refractivity contribution in [2.75, 3.05) is 38.8 Å². The molecular formula is C23H24N6O6S. The Morgan fingerprint density at radius 2 is 1.78 bits per heavy atom. The summed E-state index contributed by atoms with van der Waals surface area (Å²) in [4.78, 5) is 18.2. The summed E-state index contributed by atoms with van der Waals surface area (Å²) in [6, 6.07) is 10.7. The van der Waals surface area contributed by atoms with E-state index >= 15 is 0 Å². The molecule has 1 saturated heterocycles. The number of aromatic nitrogens is 5. The lowest BCUT2D eigenvalue weighted by atomic mass is 10.2. The minimum atomic E-state index is -3.69. The number of nitrogens with one attached hydrogen (secondary N) is 1. The third-order valence-electron chi connectivity index (χ3n) is 5.53. The first-order chi connectivity index (χ1) is 17.4. The zero-order valence-electron chi connectivity index (χ0n) is 19.8. The number of hydrogen-bond donors (Lipinski definition) is 1. The van der Waals surface area contributed by atoms with E-state index in [1.165, 1.54) is 20.4 Å². The SMILES string of the molecule is CCOc1cccc(-c2nc3ncc(NS(=O)(=O)C4COC4)nc3n2-c2c(OC)cccc2OC)n1. The zero-order chi connectivity index (χ0) is 25.3. The number of rotatable bonds is 9. The van der Waals surface area contributed by atoms with Gasteiger partial charge in [0, 0.05) is 6.07 Å². The Balaban J connectivity index is 1.74. The Morgan fingerprint density at radius 3 is 2.42 bits per heavy atom. The fourth-order valence-electron chi connectivity index (χ4n) is 3.73. The maximum absolute atomic E-state index is 12.7. The number of para-hydroxylation sites is 1. The number of pyridine rings is 1. The van der Waals surface area contributed by atoms with Crippen LogP contribution in [0.4, 0.5) is 5.82 Å². The van der Waals surface area contributed by atoms with Crippen LogP contribution in [0.1, 0.15) is 6.92 Å². The van der Waals surface area contributed by atoms with Crippen LogP contribution in [0, 0.1) is 0 Å². The summed E-state index contributed by atoms with van der Waals surface area (Å²) in [5, 5.41) is -0.643. The predicted molar refractivity (Wildman–Crippen MR) is 131 cm³/mol. The van der Waals surface area contributed by atoms with Gasteiger partial charge in [-0.15, -0.1) is 0 Å². The van der Waals surface area contributed by atoms with E-state index in [4.69, 9.17) is 18.9 Å². The average molecular weight is 513 g/mol. The second-order valence-electron chi connectivity index (χ2n) is 7.79. The minimum Gasteiger partial charge on any atom is -0.494 e. The monoisotopic (exact) mass is 512 g/mol. The Morgan fingerprint density at radius 1 is 1.06 bits per heavy atom. The highest BCUT2D eigenvalue weighted by atomic mass is 32.2. The van der Waals surface area contributed by atoms with Crippen LogP contribution in [-0.4, -0.2) is 72.2 Å². The van der Waals surface area contributed by atoms with E-state index in [0.29, 0.717) is 41.2 Å². The van der Waals surface area contributed by atoms with Crippen LogP contribution < -0.4 is 18.9 Å². The number of imidazole rings is 1. The molecular weight excluding hydrogens is 488 g/mol. The van der Waals surface area contributed by atoms with Crippen molar-refractivity contribution in [1.82, 2.24) is 24.5 Å². The summed E-state index contributed by atoms with van der Waals surface area (Å²) in [6.07, 6.45) is 1.32. The number of anilines is 1. The first-order valence-electron chi connectivity index (χ1n) is 11.1. The average Bonchev–Trinajstić information content (AvgIpc) is 3.20. The molecule has 13 heteroatoms. The Bertz CT molecular complexity index is 1500. The molecule has 0 bridgehead atoms. The summed E-state index contributed by atoms with van der Waals surface area (Å²) in [5.41, 5.74) is 1.55. The molecule has 4 aromatic rings. The van der Waals surface area contributed by atoms with Gasteiger partial charge in [0.25, 0.3) is 0 Å². The molecule has 0 saturated carbocycles. The van der Waals surface area contributed by atoms with Gasteiger partial charge in [-0.3, -0.25) is 9.29 Å². The second-order valence-corrected chi connectivity index (χ2v) is 9.75. The highest BCUT2D eigenvalue weighted by Crippen LogP contribution is 2.38. The second kappa shape index (κ2) is 9.59. The van der Waals surface area contributed by atoms with Gasteiger partial charge in [-0.25, -0.2) is 28.4 Å². The van der Waals surface area contributed by atoms with E-state index < -0.39 is 15.3 Å². The number of hydrogen-bond acceptors (Lipinski definition) is 10. The number of benzene rings is 1. The van der Waals surface area contributed by atoms with E-state index in [0.717, 1.165) is 0 Å². The van der Waals surface area contributed by atoms with Gasteiger partial charge in [-0.1, -0.05) is 12.1 Å². The standard InChI is InChI=1S/C23H24N6O6S/c1-4-35-19-10-5-7-15(25-19)22-27-21-23(29(22)20-16(32-2)8-6-9-17(20)33-3)26-18(11-24-21)28-36(30,31)14-12-34-13-14/h5-11,14H,4,12-13H2,1-3H3,(H,26,28). The molecule has 5 rings (SSSR count). The first-order valence-corrected chi connectivity index (χ1v) is 12.7. The molecule has 0 atom stereocenters. The smallest absolute Gasteiger partial charge is 0.241 e. The van der Waals surface area contributed by atoms with Crippen molar-refractivity contribution in [3.8, 4) is 34.6 Å². The molecule has 0 aliphatic carbocycles. The van der Waals surface area contributed by atoms with E-state index in [-0.39, 0.29) is 30.3 Å². The van der Waals surface area contributed by atoms with E-state index in [2.05, 4.69) is 24.7 Å². The van der Waals surface area contributed by atoms with E-state index in [1.807, 2.05) is 6.92 Å². The molecule has 1 aromatic carbocycles. The summed E-state index contributed by atoms with van der Waals surface area (Å²) < 4.78 is 51.4. The lowest BCUT2D eigenvalue weighted by molar-refractivity contribution is 0.0418. The lowest BCUT2D eigenvalue weighted by Gasteiger charge is -2.25. The van der Waals surface area contributed by atoms with Gasteiger partial charge < -0.3 is 18.9 Å². The highest BCUT2D eigenvalue weighted by molar-refractivity contribution is 7.93. The Kier molecular flexibility index (Phi) is 6.33. The lowest BCUT2D eigenvalue weighted by Crippen LogP contribution is -2.43. The van der Waals surface area contributed by atoms with E-state index in [9.17, 15) is 8.42 Å². The van der Waals surface area contributed by atoms with Gasteiger partial charge in [0.05, 0.1) is 40.2 Å². The molecule has 1 N–H and O–H groups in total. The third-order valence-corrected chi connectivity index (χ3v) is 7.18. The van der Waals surface area contributed by atoms with Gasteiger partial charge in [0.2, 0.25) is 15.9 Å². The molecule has 188 valence electrons. The van der Waals surface area contributed by atoms with Gasteiger partial charge in [-0.05, 0) is 25.1 Å². The van der Waals surface area contributed by atoms with Gasteiger partial charge in [0.15, 0.2) is 22.9 Å². The Labute approximate surface area is 207 Å². The topological polar surface area (TPSA) is 140 Å². The van der Waals surface area contributed by atoms with Crippen LogP contribution >= 0.6 is 0 Å². The molecule has 0 amide bonds. The van der Waals surface area contributed by atoms with Crippen LogP contribution in [0.15, 0.2) is 42.6 Å². The highest BCUT2D eigenvalue weighted by Gasteiger charge is 2.33. The summed E-state index contributed by atoms with van der Waals surface area (Å²) in [7, 11) is -0.614. The summed E-state index contributed by atoms with van der Waals surface area (Å²) >= 11 is 0. The van der Waals surface area contributed by atoms with Crippen molar-refractivity contribution in [3.05, 3.63) is 42.6 Å². The molecule has 4 heterocycles. The largest absolute Gasteiger partial charge is 0.494 e. The van der Waals surface area contributed by atoms with Crippen LogP contribution in [0.5, 0.6) is 17.4 Å². The van der Waals surface area contributed by atoms with E-state index in [1.54, 1.807) is 41.0 Å². The molecule has 1 fully saturated rings. The fourth-order valence-corrected chi connectivity index (χ4v) is 4.83. The number of fused-ring (bicyclic) bond motifs is 1. The van der Waals surface area contributed by atoms with Crippen molar-refractivity contribution in [2.24, 2.45) is 0 Å². The number of methoxy groups -OCH3 is 2. The van der Waals surface area contributed by atoms with Crippen molar-refractivity contribution >= 4 is 27.1 Å². The quantitative estimate of drug-likeness (QED) is 0.356. The zero-order valence-corrected chi connectivity index (χ0v) is 20.7. The van der Waals surface area contributed by atoms with Crippen molar-refractivity contribution in [2.45, 2.75) is 12.2 Å². The van der Waals surface area contributed by atoms with Crippen molar-refractivity contribution in [1.29, 1.82) is 0 Å². The van der Waals surface area contributed by atoms with Crippen LogP contribution in [0.2, 0.25) is 0 Å².